The van der Waals surface area contributed by atoms with Crippen molar-refractivity contribution in [3.05, 3.63) is 48.3 Å². The summed E-state index contributed by atoms with van der Waals surface area (Å²) in [5.74, 6) is 2.13. The predicted molar refractivity (Wildman–Crippen MR) is 88.3 cm³/mol. The van der Waals surface area contributed by atoms with Crippen LogP contribution in [0.4, 0.5) is 0 Å². The van der Waals surface area contributed by atoms with Crippen LogP contribution in [-0.4, -0.2) is 38.8 Å². The van der Waals surface area contributed by atoms with Crippen molar-refractivity contribution in [2.45, 2.75) is 31.0 Å². The Kier molecular flexibility index (Phi) is 6.48. The zero-order chi connectivity index (χ0) is 15.8. The summed E-state index contributed by atoms with van der Waals surface area (Å²) in [5, 5.41) is 17.6. The first-order valence-corrected chi connectivity index (χ1v) is 8.25. The van der Waals surface area contributed by atoms with E-state index < -0.39 is 6.10 Å². The molecule has 0 aliphatic rings. The number of aliphatic hydroxyl groups is 1. The van der Waals surface area contributed by atoms with Gasteiger partial charge in [-0.25, -0.2) is 4.98 Å². The van der Waals surface area contributed by atoms with E-state index in [0.29, 0.717) is 10.9 Å². The molecule has 0 fully saturated rings. The van der Waals surface area contributed by atoms with E-state index >= 15 is 0 Å². The highest BCUT2D eigenvalue weighted by Crippen LogP contribution is 2.20. The molecule has 1 atom stereocenters. The van der Waals surface area contributed by atoms with Crippen LogP contribution in [0.15, 0.2) is 42.1 Å². The molecule has 0 bridgehead atoms. The Morgan fingerprint density at radius 2 is 2.27 bits per heavy atom. The third kappa shape index (κ3) is 4.89. The van der Waals surface area contributed by atoms with Gasteiger partial charge in [-0.1, -0.05) is 43.0 Å². The lowest BCUT2D eigenvalue weighted by Crippen LogP contribution is -2.20. The van der Waals surface area contributed by atoms with Gasteiger partial charge in [0.2, 0.25) is 5.16 Å². The van der Waals surface area contributed by atoms with Crippen LogP contribution in [0.25, 0.3) is 0 Å². The number of nitrogens with zero attached hydrogens (tertiary/aromatic N) is 2. The molecule has 2 N–H and O–H groups in total. The Bertz CT molecular complexity index is 601. The van der Waals surface area contributed by atoms with E-state index in [4.69, 9.17) is 4.74 Å². The molecular formula is C16H21N3O2S. The number of aromatic nitrogens is 3. The third-order valence-electron chi connectivity index (χ3n) is 3.02. The minimum Gasteiger partial charge on any atom is -0.491 e. The highest BCUT2D eigenvalue weighted by Gasteiger charge is 2.10. The summed E-state index contributed by atoms with van der Waals surface area (Å²) in [7, 11) is 0. The van der Waals surface area contributed by atoms with Gasteiger partial charge >= 0.3 is 0 Å². The number of para-hydroxylation sites is 1. The molecule has 2 aromatic rings. The second kappa shape index (κ2) is 8.60. The molecule has 2 rings (SSSR count). The van der Waals surface area contributed by atoms with Crippen molar-refractivity contribution in [1.29, 1.82) is 0 Å². The van der Waals surface area contributed by atoms with Crippen molar-refractivity contribution >= 4 is 11.8 Å². The fraction of sp³-hybridized carbons (Fsp3) is 0.375. The van der Waals surface area contributed by atoms with Crippen LogP contribution >= 0.6 is 11.8 Å². The largest absolute Gasteiger partial charge is 0.491 e. The summed E-state index contributed by atoms with van der Waals surface area (Å²) in [5.41, 5.74) is 1.07. The zero-order valence-electron chi connectivity index (χ0n) is 12.7. The van der Waals surface area contributed by atoms with E-state index in [1.807, 2.05) is 37.3 Å². The molecule has 0 spiro atoms. The van der Waals surface area contributed by atoms with Gasteiger partial charge in [0.05, 0.1) is 6.10 Å². The Morgan fingerprint density at radius 3 is 3.00 bits per heavy atom. The first-order valence-electron chi connectivity index (χ1n) is 7.26. The number of ether oxygens (including phenoxy) is 1. The van der Waals surface area contributed by atoms with Gasteiger partial charge in [0, 0.05) is 12.2 Å². The van der Waals surface area contributed by atoms with Gasteiger partial charge in [-0.2, -0.15) is 0 Å². The lowest BCUT2D eigenvalue weighted by molar-refractivity contribution is 0.126. The van der Waals surface area contributed by atoms with Gasteiger partial charge in [0.1, 0.15) is 18.2 Å². The molecule has 0 saturated carbocycles. The van der Waals surface area contributed by atoms with E-state index in [2.05, 4.69) is 21.8 Å². The molecule has 22 heavy (non-hydrogen) atoms. The van der Waals surface area contributed by atoms with Crippen LogP contribution in [0.3, 0.4) is 0 Å². The summed E-state index contributed by atoms with van der Waals surface area (Å²) in [6, 6.07) is 7.79. The molecule has 1 aromatic heterocycles. The number of aliphatic hydroxyl groups excluding tert-OH is 1. The molecule has 1 unspecified atom stereocenters. The van der Waals surface area contributed by atoms with Gasteiger partial charge in [-0.3, -0.25) is 5.10 Å². The summed E-state index contributed by atoms with van der Waals surface area (Å²) in [6.07, 6.45) is 2.82. The lowest BCUT2D eigenvalue weighted by atomic mass is 10.1. The number of nitrogens with one attached hydrogen (secondary N) is 1. The van der Waals surface area contributed by atoms with Crippen molar-refractivity contribution in [1.82, 2.24) is 15.2 Å². The van der Waals surface area contributed by atoms with Gasteiger partial charge in [0.15, 0.2) is 0 Å². The van der Waals surface area contributed by atoms with Crippen molar-refractivity contribution in [2.75, 3.05) is 12.4 Å². The van der Waals surface area contributed by atoms with Gasteiger partial charge in [-0.05, 0) is 18.1 Å². The maximum absolute atomic E-state index is 10.0. The first-order chi connectivity index (χ1) is 10.7. The molecule has 0 aliphatic heterocycles. The number of allylic oxidation sites excluding steroid dienone is 1. The minimum atomic E-state index is -0.578. The predicted octanol–water partition coefficient (Wildman–Crippen LogP) is 2.63. The van der Waals surface area contributed by atoms with E-state index in [1.165, 1.54) is 11.8 Å². The number of benzene rings is 1. The van der Waals surface area contributed by atoms with Crippen molar-refractivity contribution < 1.29 is 9.84 Å². The molecule has 0 radical (unpaired) electrons. The van der Waals surface area contributed by atoms with E-state index in [1.54, 1.807) is 0 Å². The Labute approximate surface area is 134 Å². The van der Waals surface area contributed by atoms with Crippen molar-refractivity contribution in [2.24, 2.45) is 0 Å². The lowest BCUT2D eigenvalue weighted by Gasteiger charge is -2.13. The molecule has 0 aliphatic carbocycles. The third-order valence-corrected chi connectivity index (χ3v) is 4.01. The van der Waals surface area contributed by atoms with Gasteiger partial charge in [0.25, 0.3) is 0 Å². The molecule has 6 heteroatoms. The number of H-pyrrole nitrogens is 1. The van der Waals surface area contributed by atoms with Crippen LogP contribution in [0.1, 0.15) is 18.3 Å². The second-order valence-electron chi connectivity index (χ2n) is 4.79. The van der Waals surface area contributed by atoms with E-state index in [0.717, 1.165) is 30.0 Å². The topological polar surface area (TPSA) is 71.0 Å². The van der Waals surface area contributed by atoms with Crippen LogP contribution in [0.2, 0.25) is 0 Å². The van der Waals surface area contributed by atoms with Crippen molar-refractivity contribution in [3.63, 3.8) is 0 Å². The first kappa shape index (κ1) is 16.6. The van der Waals surface area contributed by atoms with Crippen molar-refractivity contribution in [3.8, 4) is 5.75 Å². The summed E-state index contributed by atoms with van der Waals surface area (Å²) in [4.78, 5) is 4.29. The maximum Gasteiger partial charge on any atom is 0.208 e. The quantitative estimate of drug-likeness (QED) is 0.549. The molecule has 1 aromatic carbocycles. The highest BCUT2D eigenvalue weighted by molar-refractivity contribution is 7.99. The van der Waals surface area contributed by atoms with E-state index in [-0.39, 0.29) is 6.61 Å². The van der Waals surface area contributed by atoms with Crippen LogP contribution in [0, 0.1) is 0 Å². The smallest absolute Gasteiger partial charge is 0.208 e. The monoisotopic (exact) mass is 319 g/mol. The SMILES string of the molecule is C=CCc1ccccc1OCC(O)CSc1n[nH]c(CC)n1. The summed E-state index contributed by atoms with van der Waals surface area (Å²) < 4.78 is 5.71. The summed E-state index contributed by atoms with van der Waals surface area (Å²) in [6.45, 7) is 5.99. The van der Waals surface area contributed by atoms with Crippen LogP contribution < -0.4 is 4.74 Å². The average molecular weight is 319 g/mol. The number of thioether (sulfide) groups is 1. The van der Waals surface area contributed by atoms with Gasteiger partial charge in [-0.15, -0.1) is 11.7 Å². The zero-order valence-corrected chi connectivity index (χ0v) is 13.5. The van der Waals surface area contributed by atoms with Crippen LogP contribution in [-0.2, 0) is 12.8 Å². The molecule has 1 heterocycles. The molecular weight excluding hydrogens is 298 g/mol. The highest BCUT2D eigenvalue weighted by atomic mass is 32.2. The van der Waals surface area contributed by atoms with Gasteiger partial charge < -0.3 is 9.84 Å². The normalized spacial score (nSPS) is 12.1. The number of aryl methyl sites for hydroxylation is 1. The number of rotatable bonds is 9. The summed E-state index contributed by atoms with van der Waals surface area (Å²) >= 11 is 1.41. The molecule has 0 amide bonds. The number of hydrogen-bond donors (Lipinski definition) is 2. The molecule has 0 saturated heterocycles. The fourth-order valence-electron chi connectivity index (χ4n) is 1.87. The van der Waals surface area contributed by atoms with Crippen LogP contribution in [0.5, 0.6) is 5.75 Å². The molecule has 5 nitrogen and oxygen atoms in total. The molecule has 118 valence electrons. The maximum atomic E-state index is 10.0. The number of aromatic amines is 1. The minimum absolute atomic E-state index is 0.242. The Balaban J connectivity index is 1.80. The Hall–Kier alpha value is -1.79. The van der Waals surface area contributed by atoms with E-state index in [9.17, 15) is 5.11 Å². The fourth-order valence-corrected chi connectivity index (χ4v) is 2.60. The standard InChI is InChI=1S/C16H21N3O2S/c1-3-7-12-8-5-6-9-14(12)21-10-13(20)11-22-16-17-15(4-2)18-19-16/h3,5-6,8-9,13,20H,1,4,7,10-11H2,2H3,(H,17,18,19). The Morgan fingerprint density at radius 1 is 1.45 bits per heavy atom. The average Bonchev–Trinajstić information content (AvgIpc) is 3.00. The number of hydrogen-bond acceptors (Lipinski definition) is 5. The second-order valence-corrected chi connectivity index (χ2v) is 5.78.